The monoisotopic (exact) mass is 382 g/mol. The van der Waals surface area contributed by atoms with Crippen LogP contribution in [0, 0.1) is 0 Å². The summed E-state index contributed by atoms with van der Waals surface area (Å²) < 4.78 is 16.7. The summed E-state index contributed by atoms with van der Waals surface area (Å²) in [6.07, 6.45) is 5.70. The highest BCUT2D eigenvalue weighted by atomic mass is 19.1. The third-order valence-corrected chi connectivity index (χ3v) is 5.46. The molecule has 0 saturated carbocycles. The molecule has 0 unspecified atom stereocenters. The second-order valence-electron chi connectivity index (χ2n) is 7.37. The van der Waals surface area contributed by atoms with Crippen LogP contribution in [0.2, 0.25) is 0 Å². The number of halogens is 1. The number of carbonyl (C=O) groups excluding carboxylic acids is 1. The Labute approximate surface area is 162 Å². The lowest BCUT2D eigenvalue weighted by atomic mass is 9.87. The second-order valence-corrected chi connectivity index (χ2v) is 7.37. The van der Waals surface area contributed by atoms with Gasteiger partial charge in [-0.2, -0.15) is 0 Å². The van der Waals surface area contributed by atoms with E-state index in [-0.39, 0.29) is 25.0 Å². The summed E-state index contributed by atoms with van der Waals surface area (Å²) in [6, 6.07) is 3.72. The number of fused-ring (bicyclic) bond motifs is 1. The number of Topliss-reactive ketones (excluding diaryl/α,β-unsaturated/α-hetero) is 1. The lowest BCUT2D eigenvalue weighted by Gasteiger charge is -2.34. The van der Waals surface area contributed by atoms with Gasteiger partial charge in [0.2, 0.25) is 0 Å². The molecule has 0 spiro atoms. The first-order chi connectivity index (χ1) is 13.5. The van der Waals surface area contributed by atoms with Crippen LogP contribution in [0.25, 0.3) is 22.2 Å². The van der Waals surface area contributed by atoms with Crippen LogP contribution < -0.4 is 0 Å². The van der Waals surface area contributed by atoms with Crippen molar-refractivity contribution >= 4 is 16.6 Å². The Morgan fingerprint density at radius 3 is 2.57 bits per heavy atom. The number of ketones is 1. The number of aryl methyl sites for hydroxylation is 1. The first-order valence-corrected chi connectivity index (χ1v) is 9.53. The minimum atomic E-state index is -1.74. The topological polar surface area (TPSA) is 76.8 Å². The van der Waals surface area contributed by atoms with Crippen molar-refractivity contribution in [2.75, 3.05) is 19.6 Å². The standard InChI is InChI=1S/C20H23FN6O/c1-3-27-6-4-20(21,5-7-27)19(28)10-16-8-14-9-17(18-13-26(2)25-24-18)23-12-15(14)11-22-16/h8-9,11-13H,3-7,10H2,1-2H3. The van der Waals surface area contributed by atoms with Gasteiger partial charge in [-0.3, -0.25) is 19.4 Å². The van der Waals surface area contributed by atoms with E-state index in [1.807, 2.05) is 12.1 Å². The molecule has 7 nitrogen and oxygen atoms in total. The Balaban J connectivity index is 1.54. The van der Waals surface area contributed by atoms with Gasteiger partial charge in [0.1, 0.15) is 5.69 Å². The molecule has 28 heavy (non-hydrogen) atoms. The van der Waals surface area contributed by atoms with E-state index in [4.69, 9.17) is 0 Å². The van der Waals surface area contributed by atoms with E-state index < -0.39 is 5.67 Å². The van der Waals surface area contributed by atoms with Gasteiger partial charge in [-0.15, -0.1) is 5.10 Å². The number of pyridine rings is 2. The normalized spacial score (nSPS) is 17.1. The maximum atomic E-state index is 15.1. The molecule has 0 amide bonds. The third-order valence-electron chi connectivity index (χ3n) is 5.46. The van der Waals surface area contributed by atoms with Crippen molar-refractivity contribution < 1.29 is 9.18 Å². The van der Waals surface area contributed by atoms with E-state index in [2.05, 4.69) is 32.1 Å². The second kappa shape index (κ2) is 7.35. The Morgan fingerprint density at radius 2 is 1.89 bits per heavy atom. The van der Waals surface area contributed by atoms with Crippen molar-refractivity contribution in [2.24, 2.45) is 7.05 Å². The van der Waals surface area contributed by atoms with E-state index >= 15 is 4.39 Å². The van der Waals surface area contributed by atoms with Crippen LogP contribution >= 0.6 is 0 Å². The average molecular weight is 382 g/mol. The number of rotatable bonds is 5. The van der Waals surface area contributed by atoms with Gasteiger partial charge in [0.25, 0.3) is 0 Å². The Bertz CT molecular complexity index is 1010. The number of hydrogen-bond donors (Lipinski definition) is 0. The number of piperidine rings is 1. The van der Waals surface area contributed by atoms with Crippen molar-refractivity contribution in [2.45, 2.75) is 31.9 Å². The maximum Gasteiger partial charge on any atom is 0.175 e. The number of carbonyl (C=O) groups is 1. The summed E-state index contributed by atoms with van der Waals surface area (Å²) in [5.41, 5.74) is 0.191. The zero-order valence-electron chi connectivity index (χ0n) is 16.1. The molecule has 0 bridgehead atoms. The summed E-state index contributed by atoms with van der Waals surface area (Å²) in [4.78, 5) is 23.5. The van der Waals surface area contributed by atoms with E-state index in [1.54, 1.807) is 30.3 Å². The van der Waals surface area contributed by atoms with Crippen LogP contribution in [-0.4, -0.2) is 60.9 Å². The van der Waals surface area contributed by atoms with Gasteiger partial charge < -0.3 is 4.90 Å². The van der Waals surface area contributed by atoms with E-state index in [0.717, 1.165) is 17.3 Å². The van der Waals surface area contributed by atoms with E-state index in [9.17, 15) is 4.79 Å². The molecule has 1 saturated heterocycles. The number of likely N-dealkylation sites (tertiary alicyclic amines) is 1. The van der Waals surface area contributed by atoms with Gasteiger partial charge in [0, 0.05) is 56.5 Å². The van der Waals surface area contributed by atoms with Crippen molar-refractivity contribution in [1.82, 2.24) is 29.9 Å². The van der Waals surface area contributed by atoms with Crippen molar-refractivity contribution in [3.63, 3.8) is 0 Å². The minimum absolute atomic E-state index is 0.00135. The molecule has 146 valence electrons. The highest BCUT2D eigenvalue weighted by Crippen LogP contribution is 2.29. The SMILES string of the molecule is CCN1CCC(F)(C(=O)Cc2cc3cc(-c4cn(C)nn4)ncc3cn2)CC1. The van der Waals surface area contributed by atoms with Crippen molar-refractivity contribution in [3.8, 4) is 11.4 Å². The zero-order valence-corrected chi connectivity index (χ0v) is 16.1. The smallest absolute Gasteiger partial charge is 0.175 e. The molecular weight excluding hydrogens is 359 g/mol. The molecule has 0 radical (unpaired) electrons. The molecule has 4 heterocycles. The van der Waals surface area contributed by atoms with Gasteiger partial charge in [0.05, 0.1) is 18.3 Å². The average Bonchev–Trinajstić information content (AvgIpc) is 3.14. The van der Waals surface area contributed by atoms with Crippen molar-refractivity contribution in [3.05, 3.63) is 36.4 Å². The van der Waals surface area contributed by atoms with Gasteiger partial charge >= 0.3 is 0 Å². The largest absolute Gasteiger partial charge is 0.303 e. The van der Waals surface area contributed by atoms with Gasteiger partial charge in [0.15, 0.2) is 11.5 Å². The zero-order chi connectivity index (χ0) is 19.7. The van der Waals surface area contributed by atoms with Crippen LogP contribution in [-0.2, 0) is 18.3 Å². The predicted octanol–water partition coefficient (Wildman–Crippen LogP) is 2.36. The highest BCUT2D eigenvalue weighted by molar-refractivity contribution is 5.90. The predicted molar refractivity (Wildman–Crippen MR) is 103 cm³/mol. The minimum Gasteiger partial charge on any atom is -0.303 e. The highest BCUT2D eigenvalue weighted by Gasteiger charge is 2.40. The van der Waals surface area contributed by atoms with Crippen LogP contribution in [0.15, 0.2) is 30.7 Å². The summed E-state index contributed by atoms with van der Waals surface area (Å²) >= 11 is 0. The molecule has 3 aromatic rings. The summed E-state index contributed by atoms with van der Waals surface area (Å²) in [7, 11) is 1.79. The summed E-state index contributed by atoms with van der Waals surface area (Å²) in [5, 5.41) is 9.75. The molecule has 3 aromatic heterocycles. The molecule has 4 rings (SSSR count). The fraction of sp³-hybridized carbons (Fsp3) is 0.450. The van der Waals surface area contributed by atoms with Crippen LogP contribution in [0.1, 0.15) is 25.5 Å². The number of aromatic nitrogens is 5. The molecular formula is C20H23FN6O. The third kappa shape index (κ3) is 3.64. The quantitative estimate of drug-likeness (QED) is 0.674. The molecule has 0 aliphatic carbocycles. The first-order valence-electron chi connectivity index (χ1n) is 9.53. The molecule has 0 aromatic carbocycles. The molecule has 0 N–H and O–H groups in total. The van der Waals surface area contributed by atoms with Gasteiger partial charge in [-0.1, -0.05) is 12.1 Å². The Morgan fingerprint density at radius 1 is 1.14 bits per heavy atom. The molecule has 1 fully saturated rings. The summed E-state index contributed by atoms with van der Waals surface area (Å²) in [5.74, 6) is -0.377. The van der Waals surface area contributed by atoms with Gasteiger partial charge in [-0.25, -0.2) is 4.39 Å². The van der Waals surface area contributed by atoms with Crippen molar-refractivity contribution in [1.29, 1.82) is 0 Å². The van der Waals surface area contributed by atoms with E-state index in [0.29, 0.717) is 30.2 Å². The Hall–Kier alpha value is -2.74. The number of alkyl halides is 1. The number of hydrogen-bond acceptors (Lipinski definition) is 6. The first kappa shape index (κ1) is 18.6. The van der Waals surface area contributed by atoms with E-state index in [1.165, 1.54) is 0 Å². The molecule has 0 atom stereocenters. The molecule has 1 aliphatic rings. The van der Waals surface area contributed by atoms with Crippen LogP contribution in [0.5, 0.6) is 0 Å². The van der Waals surface area contributed by atoms with Crippen LogP contribution in [0.4, 0.5) is 4.39 Å². The fourth-order valence-corrected chi connectivity index (χ4v) is 3.61. The fourth-order valence-electron chi connectivity index (χ4n) is 3.61. The lowest BCUT2D eigenvalue weighted by Crippen LogP contribution is -2.47. The maximum absolute atomic E-state index is 15.1. The Kier molecular flexibility index (Phi) is 4.89. The van der Waals surface area contributed by atoms with Crippen LogP contribution in [0.3, 0.4) is 0 Å². The van der Waals surface area contributed by atoms with Gasteiger partial charge in [-0.05, 0) is 24.1 Å². The molecule has 1 aliphatic heterocycles. The lowest BCUT2D eigenvalue weighted by molar-refractivity contribution is -0.133. The number of nitrogens with zero attached hydrogens (tertiary/aromatic N) is 6. The molecule has 8 heteroatoms. The summed E-state index contributed by atoms with van der Waals surface area (Å²) in [6.45, 7) is 4.18.